The number of imidazole rings is 1. The molecule has 0 spiro atoms. The van der Waals surface area contributed by atoms with Gasteiger partial charge >= 0.3 is 27.3 Å². The number of carbonyl (C=O) groups is 3. The van der Waals surface area contributed by atoms with Gasteiger partial charge in [0.25, 0.3) is 0 Å². The van der Waals surface area contributed by atoms with Crippen LogP contribution < -0.4 is 27.8 Å². The van der Waals surface area contributed by atoms with Gasteiger partial charge in [-0.25, -0.2) is 28.9 Å². The van der Waals surface area contributed by atoms with Gasteiger partial charge in [0.1, 0.15) is 60.9 Å². The summed E-state index contributed by atoms with van der Waals surface area (Å²) in [4.78, 5) is 97.0. The maximum Gasteiger partial charge on any atom is 0.472 e. The molecular formula is C35H44N10O16P2. The van der Waals surface area contributed by atoms with Crippen LogP contribution in [0, 0.1) is 0 Å². The largest absolute Gasteiger partial charge is 0.472 e. The molecule has 4 unspecified atom stereocenters. The number of allylic oxidation sites excluding steroid dienone is 1. The van der Waals surface area contributed by atoms with Crippen molar-refractivity contribution in [2.45, 2.75) is 74.7 Å². The number of nitrogens with one attached hydrogen (secondary N) is 2. The first-order chi connectivity index (χ1) is 29.9. The van der Waals surface area contributed by atoms with Gasteiger partial charge < -0.3 is 56.1 Å². The molecule has 2 amide bonds. The van der Waals surface area contributed by atoms with Gasteiger partial charge in [-0.2, -0.15) is 4.98 Å². The number of aromatic nitrogens is 6. The number of phosphoric ester groups is 2. The standard InChI is InChI=1S/C35H44N10O16P2/c1-2-3-9-25(46)42-20(12-19-7-5-4-6-8-19)33(49)38-14-27(47)60-30-23(59-34(29(30)48)45-18-41-28-31(37)39-17-40-32(28)45)16-57-63(54,55)61-21-13-26(44-11-10-24(36)43-35(44)50)58-22(21)15-56-62(51,52)53/h2,4-8,10-11,17-18,20-23,26,29-30,34,48H,1,3,9,12-16H2,(H,38,49)(H,42,46)(H,54,55)(H2,36,43,50)(H2,37,39,40)(H2,51,52,53)/t20-,21?,22+,23+,26+,29?,30?,34+/m0/s1. The fourth-order valence-electron chi connectivity index (χ4n) is 6.64. The molecule has 9 atom stereocenters. The van der Waals surface area contributed by atoms with E-state index in [9.17, 15) is 48.1 Å². The second kappa shape index (κ2) is 20.3. The minimum absolute atomic E-state index is 0.00849. The monoisotopic (exact) mass is 922 g/mol. The fourth-order valence-corrected chi connectivity index (χ4v) is 7.94. The number of fused-ring (bicyclic) bond motifs is 1. The Kier molecular flexibility index (Phi) is 15.2. The van der Waals surface area contributed by atoms with Crippen LogP contribution in [-0.4, -0.2) is 123 Å². The summed E-state index contributed by atoms with van der Waals surface area (Å²) < 4.78 is 59.6. The van der Waals surface area contributed by atoms with Gasteiger partial charge in [-0.3, -0.25) is 37.1 Å². The molecule has 10 N–H and O–H groups in total. The number of carbonyl (C=O) groups excluding carboxylic acids is 3. The topological polar surface area (TPSA) is 376 Å². The lowest BCUT2D eigenvalue weighted by molar-refractivity contribution is -0.156. The molecule has 6 rings (SSSR count). The van der Waals surface area contributed by atoms with E-state index in [4.69, 9.17) is 34.7 Å². The van der Waals surface area contributed by atoms with Crippen LogP contribution in [0.15, 0.2) is 72.7 Å². The summed E-state index contributed by atoms with van der Waals surface area (Å²) in [6.07, 6.45) is -5.32. The van der Waals surface area contributed by atoms with Gasteiger partial charge in [0.05, 0.1) is 19.5 Å². The number of anilines is 2. The minimum atomic E-state index is -5.23. The van der Waals surface area contributed by atoms with Crippen LogP contribution in [0.2, 0.25) is 0 Å². The second-order valence-corrected chi connectivity index (χ2v) is 16.7. The number of aliphatic hydroxyl groups is 1. The number of phosphoric acid groups is 2. The molecular weight excluding hydrogens is 878 g/mol. The number of nitrogens with zero attached hydrogens (tertiary/aromatic N) is 6. The summed E-state index contributed by atoms with van der Waals surface area (Å²) >= 11 is 0. The lowest BCUT2D eigenvalue weighted by atomic mass is 10.0. The van der Waals surface area contributed by atoms with Crippen LogP contribution in [0.25, 0.3) is 11.2 Å². The number of hydrogen-bond acceptors (Lipinski definition) is 19. The molecule has 0 saturated carbocycles. The molecule has 28 heteroatoms. The molecule has 1 aromatic carbocycles. The minimum Gasteiger partial charge on any atom is -0.455 e. The Balaban J connectivity index is 1.17. The van der Waals surface area contributed by atoms with Gasteiger partial charge in [-0.15, -0.1) is 6.58 Å². The van der Waals surface area contributed by atoms with Gasteiger partial charge in [0.2, 0.25) is 11.8 Å². The van der Waals surface area contributed by atoms with Crippen LogP contribution in [0.4, 0.5) is 11.6 Å². The predicted molar refractivity (Wildman–Crippen MR) is 214 cm³/mol. The molecule has 2 aliphatic heterocycles. The molecule has 63 heavy (non-hydrogen) atoms. The van der Waals surface area contributed by atoms with E-state index in [1.807, 2.05) is 0 Å². The maximum absolute atomic E-state index is 13.5. The van der Waals surface area contributed by atoms with Gasteiger partial charge in [0.15, 0.2) is 23.8 Å². The van der Waals surface area contributed by atoms with Crippen molar-refractivity contribution in [3.8, 4) is 0 Å². The molecule has 0 aliphatic carbocycles. The van der Waals surface area contributed by atoms with Crippen molar-refractivity contribution >= 4 is 56.2 Å². The van der Waals surface area contributed by atoms with Crippen molar-refractivity contribution in [2.24, 2.45) is 0 Å². The zero-order valence-electron chi connectivity index (χ0n) is 33.0. The van der Waals surface area contributed by atoms with E-state index < -0.39 is 108 Å². The van der Waals surface area contributed by atoms with Gasteiger partial charge in [-0.05, 0) is 18.1 Å². The highest BCUT2D eigenvalue weighted by molar-refractivity contribution is 7.47. The Morgan fingerprint density at radius 2 is 1.76 bits per heavy atom. The normalized spacial score (nSPS) is 23.8. The third-order valence-corrected chi connectivity index (χ3v) is 11.1. The highest BCUT2D eigenvalue weighted by Crippen LogP contribution is 2.50. The van der Waals surface area contributed by atoms with Gasteiger partial charge in [0, 0.05) is 25.5 Å². The van der Waals surface area contributed by atoms with E-state index in [-0.39, 0.29) is 42.1 Å². The predicted octanol–water partition coefficient (Wildman–Crippen LogP) is -0.873. The molecule has 4 aromatic rings. The number of amides is 2. The van der Waals surface area contributed by atoms with E-state index in [0.717, 1.165) is 10.9 Å². The van der Waals surface area contributed by atoms with Crippen LogP contribution in [0.1, 0.15) is 37.3 Å². The SMILES string of the molecule is C=CCCC(=O)N[C@@H](Cc1ccccc1)C(=O)NCC(=O)OC1C(O)[C@H](n2cnc3c(N)ncnc32)O[C@@H]1COP(=O)(O)OC1C[C@H](n2ccc(N)nc2=O)O[C@@H]1COP(=O)(O)O. The summed E-state index contributed by atoms with van der Waals surface area (Å²) in [7, 11) is -10.3. The first-order valence-electron chi connectivity index (χ1n) is 18.9. The molecule has 3 aromatic heterocycles. The number of nitrogens with two attached hydrogens (primary N) is 2. The zero-order chi connectivity index (χ0) is 45.5. The van der Waals surface area contributed by atoms with E-state index in [2.05, 4.69) is 41.7 Å². The summed E-state index contributed by atoms with van der Waals surface area (Å²) in [5, 5.41) is 16.6. The summed E-state index contributed by atoms with van der Waals surface area (Å²) in [5.41, 5.74) is 11.6. The Bertz CT molecular complexity index is 2440. The molecule has 340 valence electrons. The van der Waals surface area contributed by atoms with E-state index >= 15 is 0 Å². The number of aliphatic hydroxyl groups excluding tert-OH is 1. The van der Waals surface area contributed by atoms with Crippen molar-refractivity contribution in [2.75, 3.05) is 31.2 Å². The summed E-state index contributed by atoms with van der Waals surface area (Å²) in [6, 6.07) is 8.97. The number of esters is 1. The molecule has 2 saturated heterocycles. The van der Waals surface area contributed by atoms with Crippen LogP contribution in [0.5, 0.6) is 0 Å². The lowest BCUT2D eigenvalue weighted by Gasteiger charge is -2.24. The Morgan fingerprint density at radius 3 is 2.48 bits per heavy atom. The molecule has 0 bridgehead atoms. The third-order valence-electron chi connectivity index (χ3n) is 9.57. The van der Waals surface area contributed by atoms with Crippen LogP contribution >= 0.6 is 15.6 Å². The van der Waals surface area contributed by atoms with Crippen LogP contribution in [0.3, 0.4) is 0 Å². The number of ether oxygens (including phenoxy) is 3. The smallest absolute Gasteiger partial charge is 0.455 e. The van der Waals surface area contributed by atoms with Crippen molar-refractivity contribution in [3.63, 3.8) is 0 Å². The van der Waals surface area contributed by atoms with E-state index in [1.165, 1.54) is 23.2 Å². The first kappa shape index (κ1) is 47.0. The average Bonchev–Trinajstić information content (AvgIpc) is 3.92. The molecule has 2 aliphatic rings. The zero-order valence-corrected chi connectivity index (χ0v) is 34.8. The quantitative estimate of drug-likeness (QED) is 0.0303. The maximum atomic E-state index is 13.5. The average molecular weight is 923 g/mol. The molecule has 2 fully saturated rings. The second-order valence-electron chi connectivity index (χ2n) is 14.0. The summed E-state index contributed by atoms with van der Waals surface area (Å²) in [6.45, 7) is 1.06. The first-order valence-corrected chi connectivity index (χ1v) is 22.0. The Morgan fingerprint density at radius 1 is 1.02 bits per heavy atom. The molecule has 5 heterocycles. The van der Waals surface area contributed by atoms with E-state index in [0.29, 0.717) is 12.0 Å². The highest BCUT2D eigenvalue weighted by Gasteiger charge is 2.50. The van der Waals surface area contributed by atoms with E-state index in [1.54, 1.807) is 36.4 Å². The third kappa shape index (κ3) is 12.4. The van der Waals surface area contributed by atoms with Gasteiger partial charge in [-0.1, -0.05) is 36.4 Å². The summed E-state index contributed by atoms with van der Waals surface area (Å²) in [5.74, 6) is -2.38. The van der Waals surface area contributed by atoms with Crippen molar-refractivity contribution in [1.82, 2.24) is 39.7 Å². The van der Waals surface area contributed by atoms with Crippen molar-refractivity contribution in [3.05, 3.63) is 84.0 Å². The van der Waals surface area contributed by atoms with Crippen molar-refractivity contribution < 1.29 is 71.1 Å². The molecule has 26 nitrogen and oxygen atoms in total. The highest BCUT2D eigenvalue weighted by atomic mass is 31.2. The Labute approximate surface area is 356 Å². The Hall–Kier alpha value is -5.50. The molecule has 0 radical (unpaired) electrons. The number of hydrogen-bond donors (Lipinski definition) is 8. The number of benzene rings is 1. The van der Waals surface area contributed by atoms with Crippen LogP contribution in [-0.2, 0) is 57.7 Å². The fraction of sp³-hybridized carbons (Fsp3) is 0.429. The number of nitrogen functional groups attached to an aromatic ring is 2. The number of rotatable bonds is 20. The van der Waals surface area contributed by atoms with Crippen molar-refractivity contribution in [1.29, 1.82) is 0 Å². The lowest BCUT2D eigenvalue weighted by Crippen LogP contribution is -2.49.